The van der Waals surface area contributed by atoms with Crippen LogP contribution in [-0.4, -0.2) is 106 Å². The first kappa shape index (κ1) is 43.3. The van der Waals surface area contributed by atoms with E-state index in [2.05, 4.69) is 35.1 Å². The number of hydrogen-bond acceptors (Lipinski definition) is 15. The van der Waals surface area contributed by atoms with Gasteiger partial charge < -0.3 is 31.5 Å². The molecule has 5 N–H and O–H groups in total. The van der Waals surface area contributed by atoms with E-state index in [9.17, 15) is 22.0 Å². The fraction of sp³-hybridized carbons (Fsp3) is 0.205. The molecule has 0 bridgehead atoms. The van der Waals surface area contributed by atoms with Gasteiger partial charge in [-0.15, -0.1) is 0 Å². The minimum Gasteiger partial charge on any atom is -0.368 e. The van der Waals surface area contributed by atoms with Crippen molar-refractivity contribution in [2.24, 2.45) is 0 Å². The van der Waals surface area contributed by atoms with E-state index >= 15 is 0 Å². The molecule has 10 rings (SSSR count). The third-order valence-electron chi connectivity index (χ3n) is 10.8. The number of aryl methyl sites for hydroxylation is 1. The average molecular weight is 934 g/mol. The van der Waals surface area contributed by atoms with Crippen LogP contribution in [0.25, 0.3) is 41.8 Å². The van der Waals surface area contributed by atoms with Crippen molar-refractivity contribution in [1.82, 2.24) is 39.1 Å². The second-order valence-corrected chi connectivity index (χ2v) is 19.0. The first-order valence-electron chi connectivity index (χ1n) is 20.5. The van der Waals surface area contributed by atoms with E-state index in [1.54, 1.807) is 59.5 Å². The molecular formula is C44H41F2N13O3S3. The number of piperazine rings is 2. The largest absolute Gasteiger partial charge is 0.368 e. The lowest BCUT2D eigenvalue weighted by Gasteiger charge is -2.35. The number of carbonyl (C=O) groups excluding carboxylic acids is 1. The predicted octanol–water partition coefficient (Wildman–Crippen LogP) is 7.12. The van der Waals surface area contributed by atoms with Gasteiger partial charge in [-0.3, -0.25) is 0 Å². The molecule has 2 saturated heterocycles. The number of anilines is 5. The maximum atomic E-state index is 13.3. The third-order valence-corrected chi connectivity index (χ3v) is 14.7. The molecule has 21 heteroatoms. The van der Waals surface area contributed by atoms with Gasteiger partial charge in [0.2, 0.25) is 21.9 Å². The van der Waals surface area contributed by atoms with E-state index in [1.165, 1.54) is 51.2 Å². The number of nitrogen functional groups attached to an aromatic ring is 2. The number of nitrogens with zero attached hydrogens (tertiary/aromatic N) is 10. The van der Waals surface area contributed by atoms with Crippen molar-refractivity contribution in [3.63, 3.8) is 0 Å². The molecule has 6 heterocycles. The number of thiazole rings is 2. The van der Waals surface area contributed by atoms with Crippen LogP contribution in [0.1, 0.15) is 5.56 Å². The highest BCUT2D eigenvalue weighted by Gasteiger charge is 2.31. The van der Waals surface area contributed by atoms with Crippen LogP contribution in [0.15, 0.2) is 108 Å². The summed E-state index contributed by atoms with van der Waals surface area (Å²) in [5.41, 5.74) is 16.7. The van der Waals surface area contributed by atoms with E-state index in [1.807, 2.05) is 36.1 Å². The van der Waals surface area contributed by atoms with Gasteiger partial charge in [-0.2, -0.15) is 14.3 Å². The molecule has 2 amide bonds. The molecule has 2 aliphatic heterocycles. The van der Waals surface area contributed by atoms with Gasteiger partial charge in [0.15, 0.2) is 21.3 Å². The fourth-order valence-electron chi connectivity index (χ4n) is 7.36. The zero-order valence-corrected chi connectivity index (χ0v) is 37.3. The summed E-state index contributed by atoms with van der Waals surface area (Å²) >= 11 is 2.74. The van der Waals surface area contributed by atoms with Crippen LogP contribution in [0.2, 0.25) is 0 Å². The maximum Gasteiger partial charge on any atom is 0.321 e. The zero-order valence-electron chi connectivity index (χ0n) is 34.8. The molecular weight excluding hydrogens is 893 g/mol. The van der Waals surface area contributed by atoms with Crippen LogP contribution in [0.5, 0.6) is 0 Å². The van der Waals surface area contributed by atoms with Crippen molar-refractivity contribution in [2.45, 2.75) is 11.8 Å². The Labute approximate surface area is 380 Å². The standard InChI is InChI=1S/C23H22FN7OS.C21H19FN6O2S2/c1-14-2-8-17(9-3-14)26-23(32)31-12-10-30(11-13-31)19-18-21(29-22(25)28-19)33-20(27-18)15-4-6-16(24)7-5-15;22-15-8-6-14(7-9-15)19-24-17-18(25-21(23)26-20(17)31-19)27-10-12-28(13-11-27)32(29,30)16-4-2-1-3-5-16/h2-9H,10-13H2,1H3,(H,26,32)(H2,25,28,29);1-9H,10-13H2,(H2,23,25,26). The lowest BCUT2D eigenvalue weighted by molar-refractivity contribution is 0.208. The highest BCUT2D eigenvalue weighted by atomic mass is 32.2. The number of rotatable bonds is 7. The molecule has 0 aliphatic carbocycles. The number of sulfonamides is 1. The van der Waals surface area contributed by atoms with E-state index in [-0.39, 0.29) is 34.5 Å². The zero-order chi connectivity index (χ0) is 45.2. The molecule has 2 aliphatic rings. The van der Waals surface area contributed by atoms with Crippen molar-refractivity contribution in [3.8, 4) is 21.1 Å². The molecule has 4 aromatic carbocycles. The minimum absolute atomic E-state index is 0.126. The summed E-state index contributed by atoms with van der Waals surface area (Å²) < 4.78 is 53.9. The summed E-state index contributed by atoms with van der Waals surface area (Å²) in [4.78, 5) is 47.0. The van der Waals surface area contributed by atoms with E-state index in [0.717, 1.165) is 27.4 Å². The number of nitrogens with two attached hydrogens (primary N) is 2. The number of urea groups is 1. The van der Waals surface area contributed by atoms with Gasteiger partial charge >= 0.3 is 6.03 Å². The third kappa shape index (κ3) is 9.48. The van der Waals surface area contributed by atoms with Crippen LogP contribution in [-0.2, 0) is 10.0 Å². The van der Waals surface area contributed by atoms with Gasteiger partial charge in [-0.05, 0) is 79.7 Å². The number of hydrogen-bond donors (Lipinski definition) is 3. The Morgan fingerprint density at radius 3 is 1.54 bits per heavy atom. The number of halogens is 2. The SMILES string of the molecule is Cc1ccc(NC(=O)N2CCN(c3nc(N)nc4sc(-c5ccc(F)cc5)nc34)CC2)cc1.Nc1nc(N2CCN(S(=O)(=O)c3ccccc3)CC2)c2nc(-c3ccc(F)cc3)sc2n1. The van der Waals surface area contributed by atoms with Crippen molar-refractivity contribution in [1.29, 1.82) is 0 Å². The number of benzene rings is 4. The molecule has 2 fully saturated rings. The molecule has 0 unspecified atom stereocenters. The Kier molecular flexibility index (Phi) is 12.2. The first-order chi connectivity index (χ1) is 31.4. The summed E-state index contributed by atoms with van der Waals surface area (Å²) in [7, 11) is -3.55. The molecule has 0 saturated carbocycles. The fourth-order valence-corrected chi connectivity index (χ4v) is 10.7. The number of nitrogens with one attached hydrogen (secondary N) is 1. The summed E-state index contributed by atoms with van der Waals surface area (Å²) in [6, 6.07) is 28.3. The highest BCUT2D eigenvalue weighted by molar-refractivity contribution is 7.89. The minimum atomic E-state index is -3.55. The van der Waals surface area contributed by atoms with Gasteiger partial charge in [-0.1, -0.05) is 58.6 Å². The number of fused-ring (bicyclic) bond motifs is 2. The van der Waals surface area contributed by atoms with E-state index in [0.29, 0.717) is 89.7 Å². The van der Waals surface area contributed by atoms with Gasteiger partial charge in [0.1, 0.15) is 32.7 Å². The lowest BCUT2D eigenvalue weighted by atomic mass is 10.2. The Balaban J connectivity index is 0.000000164. The first-order valence-corrected chi connectivity index (χ1v) is 23.5. The topological polar surface area (TPSA) is 206 Å². The normalized spacial score (nSPS) is 14.7. The summed E-state index contributed by atoms with van der Waals surface area (Å²) in [6.07, 6.45) is 0. The average Bonchev–Trinajstić information content (AvgIpc) is 3.95. The number of carbonyl (C=O) groups is 1. The molecule has 0 radical (unpaired) electrons. The monoisotopic (exact) mass is 933 g/mol. The van der Waals surface area contributed by atoms with Crippen molar-refractivity contribution < 1.29 is 22.0 Å². The summed E-state index contributed by atoms with van der Waals surface area (Å²) in [5, 5.41) is 4.35. The van der Waals surface area contributed by atoms with E-state index in [4.69, 9.17) is 16.5 Å². The molecule has 65 heavy (non-hydrogen) atoms. The van der Waals surface area contributed by atoms with Gasteiger partial charge in [-0.25, -0.2) is 41.9 Å². The Morgan fingerprint density at radius 2 is 1.06 bits per heavy atom. The van der Waals surface area contributed by atoms with Crippen LogP contribution in [0.4, 0.5) is 42.8 Å². The van der Waals surface area contributed by atoms with Gasteiger partial charge in [0.05, 0.1) is 4.90 Å². The second-order valence-electron chi connectivity index (χ2n) is 15.1. The molecule has 332 valence electrons. The quantitative estimate of drug-likeness (QED) is 0.146. The molecule has 4 aromatic heterocycles. The smallest absolute Gasteiger partial charge is 0.321 e. The maximum absolute atomic E-state index is 13.3. The van der Waals surface area contributed by atoms with Gasteiger partial charge in [0, 0.05) is 69.2 Å². The molecule has 0 spiro atoms. The Hall–Kier alpha value is -6.94. The van der Waals surface area contributed by atoms with Crippen molar-refractivity contribution in [3.05, 3.63) is 120 Å². The van der Waals surface area contributed by atoms with Gasteiger partial charge in [0.25, 0.3) is 0 Å². The Bertz CT molecular complexity index is 3090. The van der Waals surface area contributed by atoms with Crippen molar-refractivity contribution >= 4 is 88.6 Å². The summed E-state index contributed by atoms with van der Waals surface area (Å²) in [5.74, 6) is 0.916. The van der Waals surface area contributed by atoms with Crippen molar-refractivity contribution in [2.75, 3.05) is 78.9 Å². The predicted molar refractivity (Wildman–Crippen MR) is 251 cm³/mol. The second kappa shape index (κ2) is 18.3. The van der Waals surface area contributed by atoms with Crippen LogP contribution in [0.3, 0.4) is 0 Å². The summed E-state index contributed by atoms with van der Waals surface area (Å²) in [6.45, 7) is 5.80. The number of aromatic nitrogens is 6. The van der Waals surface area contributed by atoms with Crippen LogP contribution >= 0.6 is 22.7 Å². The van der Waals surface area contributed by atoms with Crippen LogP contribution < -0.4 is 26.6 Å². The van der Waals surface area contributed by atoms with E-state index < -0.39 is 10.0 Å². The highest BCUT2D eigenvalue weighted by Crippen LogP contribution is 2.36. The number of amides is 2. The Morgan fingerprint density at radius 1 is 0.600 bits per heavy atom. The molecule has 16 nitrogen and oxygen atoms in total. The molecule has 8 aromatic rings. The molecule has 0 atom stereocenters. The lowest BCUT2D eigenvalue weighted by Crippen LogP contribution is -2.50. The van der Waals surface area contributed by atoms with Crippen LogP contribution in [0, 0.1) is 18.6 Å².